The quantitative estimate of drug-likeness (QED) is 0.614. The molecule has 2 aromatic carbocycles. The molecule has 0 fully saturated rings. The van der Waals surface area contributed by atoms with Crippen LogP contribution in [0.1, 0.15) is 0 Å². The minimum absolute atomic E-state index is 0.0563. The zero-order valence-corrected chi connectivity index (χ0v) is 15.5. The Bertz CT molecular complexity index is 987. The van der Waals surface area contributed by atoms with Crippen LogP contribution in [-0.4, -0.2) is 33.7 Å². The summed E-state index contributed by atoms with van der Waals surface area (Å²) in [4.78, 5) is 4.36. The van der Waals surface area contributed by atoms with Gasteiger partial charge in [-0.25, -0.2) is 8.42 Å². The van der Waals surface area contributed by atoms with Crippen LogP contribution in [0.4, 0.5) is 5.88 Å². The molecule has 0 bridgehead atoms. The van der Waals surface area contributed by atoms with Crippen molar-refractivity contribution in [1.29, 1.82) is 0 Å². The van der Waals surface area contributed by atoms with Crippen LogP contribution < -0.4 is 5.32 Å². The van der Waals surface area contributed by atoms with Gasteiger partial charge in [0.1, 0.15) is 0 Å². The maximum atomic E-state index is 13.0. The first-order chi connectivity index (χ1) is 12.5. The van der Waals surface area contributed by atoms with Crippen LogP contribution in [-0.2, 0) is 14.6 Å². The second-order valence-electron chi connectivity index (χ2n) is 5.37. The molecule has 0 saturated carbocycles. The minimum atomic E-state index is -3.86. The molecule has 1 N–H and O–H groups in total. The number of hydrogen-bond acceptors (Lipinski definition) is 6. The highest BCUT2D eigenvalue weighted by atomic mass is 35.5. The number of halogens is 1. The van der Waals surface area contributed by atoms with Gasteiger partial charge in [0.2, 0.25) is 26.6 Å². The molecule has 8 heteroatoms. The number of nitrogens with zero attached hydrogens (tertiary/aromatic N) is 1. The third-order valence-electron chi connectivity index (χ3n) is 3.60. The van der Waals surface area contributed by atoms with E-state index in [0.717, 1.165) is 0 Å². The standard InChI is InChI=1S/C18H17ClN2O4S/c1-24-12-11-20-17-18(26(22,23)13-7-3-2-4-8-13)21-16(25-17)14-9-5-6-10-15(14)19/h2-10,20H,11-12H2,1H3. The van der Waals surface area contributed by atoms with Crippen molar-refractivity contribution in [3.63, 3.8) is 0 Å². The Morgan fingerprint density at radius 3 is 2.50 bits per heavy atom. The van der Waals surface area contributed by atoms with E-state index in [-0.39, 0.29) is 21.7 Å². The van der Waals surface area contributed by atoms with Crippen molar-refractivity contribution in [1.82, 2.24) is 4.98 Å². The molecule has 6 nitrogen and oxygen atoms in total. The van der Waals surface area contributed by atoms with E-state index in [2.05, 4.69) is 10.3 Å². The van der Waals surface area contributed by atoms with Crippen molar-refractivity contribution >= 4 is 27.3 Å². The molecule has 0 radical (unpaired) electrons. The monoisotopic (exact) mass is 392 g/mol. The molecule has 0 unspecified atom stereocenters. The van der Waals surface area contributed by atoms with Crippen molar-refractivity contribution in [2.45, 2.75) is 9.92 Å². The molecule has 3 rings (SSSR count). The number of oxazole rings is 1. The Kier molecular flexibility index (Phi) is 5.61. The van der Waals surface area contributed by atoms with Crippen molar-refractivity contribution < 1.29 is 17.6 Å². The number of hydrogen-bond donors (Lipinski definition) is 1. The average molecular weight is 393 g/mol. The first-order valence-electron chi connectivity index (χ1n) is 7.82. The molecule has 0 aliphatic carbocycles. The lowest BCUT2D eigenvalue weighted by Crippen LogP contribution is -2.11. The normalized spacial score (nSPS) is 11.5. The molecule has 136 valence electrons. The van der Waals surface area contributed by atoms with Crippen LogP contribution in [0.3, 0.4) is 0 Å². The van der Waals surface area contributed by atoms with E-state index >= 15 is 0 Å². The predicted molar refractivity (Wildman–Crippen MR) is 99.2 cm³/mol. The Labute approximate surface area is 156 Å². The van der Waals surface area contributed by atoms with Gasteiger partial charge < -0.3 is 14.5 Å². The molecule has 0 amide bonds. The van der Waals surface area contributed by atoms with Crippen molar-refractivity contribution in [3.8, 4) is 11.5 Å². The molecule has 26 heavy (non-hydrogen) atoms. The predicted octanol–water partition coefficient (Wildman–Crippen LogP) is 3.89. The molecule has 0 aliphatic heterocycles. The molecule has 0 atom stereocenters. The van der Waals surface area contributed by atoms with Crippen LogP contribution >= 0.6 is 11.6 Å². The van der Waals surface area contributed by atoms with Crippen LogP contribution in [0.2, 0.25) is 5.02 Å². The van der Waals surface area contributed by atoms with E-state index in [1.807, 2.05) is 0 Å². The summed E-state index contributed by atoms with van der Waals surface area (Å²) >= 11 is 6.19. The molecule has 1 heterocycles. The third-order valence-corrected chi connectivity index (χ3v) is 5.61. The molecular weight excluding hydrogens is 376 g/mol. The summed E-state index contributed by atoms with van der Waals surface area (Å²) in [6, 6.07) is 15.0. The fourth-order valence-corrected chi connectivity index (χ4v) is 3.84. The Morgan fingerprint density at radius 2 is 1.81 bits per heavy atom. The SMILES string of the molecule is COCCNc1oc(-c2ccccc2Cl)nc1S(=O)(=O)c1ccccc1. The fraction of sp³-hybridized carbons (Fsp3) is 0.167. The van der Waals surface area contributed by atoms with E-state index in [1.54, 1.807) is 49.6 Å². The average Bonchev–Trinajstić information content (AvgIpc) is 3.08. The fourth-order valence-electron chi connectivity index (χ4n) is 2.33. The highest BCUT2D eigenvalue weighted by Gasteiger charge is 2.28. The zero-order valence-electron chi connectivity index (χ0n) is 14.0. The first kappa shape index (κ1) is 18.4. The zero-order chi connectivity index (χ0) is 18.6. The highest BCUT2D eigenvalue weighted by Crippen LogP contribution is 2.34. The summed E-state index contributed by atoms with van der Waals surface area (Å²) in [5, 5.41) is 3.16. The maximum absolute atomic E-state index is 13.0. The van der Waals surface area contributed by atoms with Gasteiger partial charge in [-0.15, -0.1) is 0 Å². The first-order valence-corrected chi connectivity index (χ1v) is 9.69. The van der Waals surface area contributed by atoms with Gasteiger partial charge in [0.05, 0.1) is 22.1 Å². The van der Waals surface area contributed by atoms with E-state index in [9.17, 15) is 8.42 Å². The Balaban J connectivity index is 2.09. The summed E-state index contributed by atoms with van der Waals surface area (Å²) in [6.07, 6.45) is 0. The van der Waals surface area contributed by atoms with Crippen LogP contribution in [0, 0.1) is 0 Å². The van der Waals surface area contributed by atoms with Gasteiger partial charge in [0.15, 0.2) is 0 Å². The van der Waals surface area contributed by atoms with Gasteiger partial charge in [-0.05, 0) is 24.3 Å². The highest BCUT2D eigenvalue weighted by molar-refractivity contribution is 7.91. The lowest BCUT2D eigenvalue weighted by Gasteiger charge is -2.05. The largest absolute Gasteiger partial charge is 0.419 e. The Hall–Kier alpha value is -2.35. The minimum Gasteiger partial charge on any atom is -0.419 e. The van der Waals surface area contributed by atoms with Crippen LogP contribution in [0.15, 0.2) is 68.9 Å². The van der Waals surface area contributed by atoms with E-state index in [0.29, 0.717) is 23.7 Å². The van der Waals surface area contributed by atoms with Crippen molar-refractivity contribution in [2.75, 3.05) is 25.6 Å². The smallest absolute Gasteiger partial charge is 0.233 e. The number of nitrogens with one attached hydrogen (secondary N) is 1. The molecule has 3 aromatic rings. The summed E-state index contributed by atoms with van der Waals surface area (Å²) in [7, 11) is -2.30. The van der Waals surface area contributed by atoms with Gasteiger partial charge in [0.25, 0.3) is 0 Å². The number of ether oxygens (including phenoxy) is 1. The van der Waals surface area contributed by atoms with Crippen LogP contribution in [0.25, 0.3) is 11.5 Å². The summed E-state index contributed by atoms with van der Waals surface area (Å²) in [5.74, 6) is 0.186. The van der Waals surface area contributed by atoms with Gasteiger partial charge in [-0.2, -0.15) is 4.98 Å². The number of rotatable bonds is 7. The van der Waals surface area contributed by atoms with E-state index < -0.39 is 9.84 Å². The number of sulfone groups is 1. The van der Waals surface area contributed by atoms with Crippen LogP contribution in [0.5, 0.6) is 0 Å². The summed E-state index contributed by atoms with van der Waals surface area (Å²) < 4.78 is 36.7. The molecule has 0 spiro atoms. The second-order valence-corrected chi connectivity index (χ2v) is 7.64. The van der Waals surface area contributed by atoms with Gasteiger partial charge in [0, 0.05) is 13.7 Å². The van der Waals surface area contributed by atoms with Gasteiger partial charge >= 0.3 is 0 Å². The summed E-state index contributed by atoms with van der Waals surface area (Å²) in [5.41, 5.74) is 0.512. The molecule has 0 saturated heterocycles. The maximum Gasteiger partial charge on any atom is 0.233 e. The molecule has 1 aromatic heterocycles. The second kappa shape index (κ2) is 7.90. The van der Waals surface area contributed by atoms with Crippen molar-refractivity contribution in [3.05, 3.63) is 59.6 Å². The number of methoxy groups -OCH3 is 1. The van der Waals surface area contributed by atoms with Crippen molar-refractivity contribution in [2.24, 2.45) is 0 Å². The summed E-state index contributed by atoms with van der Waals surface area (Å²) in [6.45, 7) is 0.748. The number of benzene rings is 2. The topological polar surface area (TPSA) is 81.4 Å². The van der Waals surface area contributed by atoms with Gasteiger partial charge in [-0.1, -0.05) is 41.9 Å². The Morgan fingerprint density at radius 1 is 1.12 bits per heavy atom. The lowest BCUT2D eigenvalue weighted by atomic mass is 10.2. The lowest BCUT2D eigenvalue weighted by molar-refractivity contribution is 0.210. The third kappa shape index (κ3) is 3.75. The van der Waals surface area contributed by atoms with E-state index in [4.69, 9.17) is 20.8 Å². The number of aromatic nitrogens is 1. The van der Waals surface area contributed by atoms with E-state index in [1.165, 1.54) is 12.1 Å². The number of anilines is 1. The molecular formula is C18H17ClN2O4S. The van der Waals surface area contributed by atoms with Gasteiger partial charge in [-0.3, -0.25) is 0 Å². The molecule has 0 aliphatic rings.